The number of amides is 1. The summed E-state index contributed by atoms with van der Waals surface area (Å²) < 4.78 is 0. The maximum absolute atomic E-state index is 12.1. The second kappa shape index (κ2) is 7.14. The van der Waals surface area contributed by atoms with Crippen molar-refractivity contribution in [1.29, 1.82) is 0 Å². The summed E-state index contributed by atoms with van der Waals surface area (Å²) in [5.41, 5.74) is 2.22. The first-order chi connectivity index (χ1) is 10.1. The number of aromatic hydroxyl groups is 1. The molecule has 0 saturated carbocycles. The minimum absolute atomic E-state index is 0.0134. The van der Waals surface area contributed by atoms with Crippen LogP contribution in [-0.4, -0.2) is 11.0 Å². The van der Waals surface area contributed by atoms with E-state index in [0.29, 0.717) is 10.7 Å². The number of phenolic OH excluding ortho intramolecular Hbond substituents is 1. The third-order valence-corrected chi connectivity index (χ3v) is 3.55. The number of hydrogen-bond donors (Lipinski definition) is 2. The number of phenols is 1. The van der Waals surface area contributed by atoms with E-state index in [4.69, 9.17) is 11.6 Å². The molecule has 0 aromatic heterocycles. The summed E-state index contributed by atoms with van der Waals surface area (Å²) >= 11 is 5.97. The molecule has 2 N–H and O–H groups in total. The van der Waals surface area contributed by atoms with Gasteiger partial charge >= 0.3 is 0 Å². The van der Waals surface area contributed by atoms with Crippen LogP contribution in [0.4, 0.5) is 5.69 Å². The van der Waals surface area contributed by atoms with Crippen LogP contribution >= 0.6 is 11.6 Å². The number of benzene rings is 2. The third-order valence-electron chi connectivity index (χ3n) is 3.23. The van der Waals surface area contributed by atoms with Crippen molar-refractivity contribution < 1.29 is 9.90 Å². The molecule has 0 aliphatic heterocycles. The summed E-state index contributed by atoms with van der Waals surface area (Å²) in [5.74, 6) is -0.323. The van der Waals surface area contributed by atoms with Gasteiger partial charge in [0.2, 0.25) is 0 Å². The Balaban J connectivity index is 2.07. The van der Waals surface area contributed by atoms with E-state index in [-0.39, 0.29) is 17.2 Å². The van der Waals surface area contributed by atoms with Crippen molar-refractivity contribution in [3.63, 3.8) is 0 Å². The summed E-state index contributed by atoms with van der Waals surface area (Å²) in [7, 11) is 0. The van der Waals surface area contributed by atoms with Gasteiger partial charge in [-0.05, 0) is 48.7 Å². The number of rotatable bonds is 5. The molecule has 0 saturated heterocycles. The molecule has 2 aromatic carbocycles. The minimum Gasteiger partial charge on any atom is -0.508 e. The van der Waals surface area contributed by atoms with Crippen LogP contribution in [0.3, 0.4) is 0 Å². The van der Waals surface area contributed by atoms with E-state index in [1.807, 2.05) is 24.3 Å². The number of aryl methyl sites for hydroxylation is 1. The fourth-order valence-corrected chi connectivity index (χ4v) is 2.22. The van der Waals surface area contributed by atoms with E-state index in [9.17, 15) is 9.90 Å². The highest BCUT2D eigenvalue weighted by Gasteiger charge is 2.11. The van der Waals surface area contributed by atoms with E-state index in [0.717, 1.165) is 19.3 Å². The van der Waals surface area contributed by atoms with Crippen LogP contribution in [0.5, 0.6) is 5.75 Å². The van der Waals surface area contributed by atoms with Crippen LogP contribution in [0.25, 0.3) is 0 Å². The van der Waals surface area contributed by atoms with Crippen molar-refractivity contribution in [2.24, 2.45) is 0 Å². The molecule has 0 atom stereocenters. The van der Waals surface area contributed by atoms with Crippen LogP contribution in [0.15, 0.2) is 42.5 Å². The zero-order chi connectivity index (χ0) is 15.2. The number of halogens is 1. The first-order valence-electron chi connectivity index (χ1n) is 6.99. The molecule has 1 amide bonds. The highest BCUT2D eigenvalue weighted by molar-refractivity contribution is 6.34. The van der Waals surface area contributed by atoms with Crippen molar-refractivity contribution in [2.75, 3.05) is 5.32 Å². The normalized spacial score (nSPS) is 10.4. The average Bonchev–Trinajstić information content (AvgIpc) is 2.49. The first-order valence-corrected chi connectivity index (χ1v) is 7.36. The zero-order valence-electron chi connectivity index (χ0n) is 11.9. The van der Waals surface area contributed by atoms with Gasteiger partial charge in [-0.25, -0.2) is 0 Å². The Morgan fingerprint density at radius 3 is 2.57 bits per heavy atom. The molecule has 2 aromatic rings. The lowest BCUT2D eigenvalue weighted by atomic mass is 10.1. The number of hydrogen-bond acceptors (Lipinski definition) is 2. The largest absolute Gasteiger partial charge is 0.508 e. The smallest absolute Gasteiger partial charge is 0.257 e. The SMILES string of the molecule is CCCCc1ccc(NC(=O)c2cc(O)ccc2Cl)cc1. The standard InChI is InChI=1S/C17H18ClNO2/c1-2-3-4-12-5-7-13(8-6-12)19-17(21)15-11-14(20)9-10-16(15)18/h5-11,20H,2-4H2,1H3,(H,19,21). The van der Waals surface area contributed by atoms with Crippen molar-refractivity contribution in [3.8, 4) is 5.75 Å². The summed E-state index contributed by atoms with van der Waals surface area (Å²) in [5, 5.41) is 12.5. The molecule has 0 spiro atoms. The average molecular weight is 304 g/mol. The summed E-state index contributed by atoms with van der Waals surface area (Å²) in [6.45, 7) is 2.16. The second-order valence-corrected chi connectivity index (χ2v) is 5.33. The fourth-order valence-electron chi connectivity index (χ4n) is 2.02. The van der Waals surface area contributed by atoms with Crippen LogP contribution in [0, 0.1) is 0 Å². The van der Waals surface area contributed by atoms with E-state index in [1.54, 1.807) is 0 Å². The zero-order valence-corrected chi connectivity index (χ0v) is 12.7. The van der Waals surface area contributed by atoms with Gasteiger partial charge in [-0.3, -0.25) is 4.79 Å². The maximum Gasteiger partial charge on any atom is 0.257 e. The number of carbonyl (C=O) groups is 1. The van der Waals surface area contributed by atoms with Gasteiger partial charge in [0.25, 0.3) is 5.91 Å². The monoisotopic (exact) mass is 303 g/mol. The van der Waals surface area contributed by atoms with E-state index >= 15 is 0 Å². The van der Waals surface area contributed by atoms with Crippen LogP contribution in [0.2, 0.25) is 5.02 Å². The fraction of sp³-hybridized carbons (Fsp3) is 0.235. The predicted octanol–water partition coefficient (Wildman–Crippen LogP) is 4.64. The molecule has 4 heteroatoms. The second-order valence-electron chi connectivity index (χ2n) is 4.92. The molecular weight excluding hydrogens is 286 g/mol. The molecule has 21 heavy (non-hydrogen) atoms. The Kier molecular flexibility index (Phi) is 5.23. The highest BCUT2D eigenvalue weighted by Crippen LogP contribution is 2.22. The molecule has 2 rings (SSSR count). The van der Waals surface area contributed by atoms with Crippen LogP contribution in [-0.2, 0) is 6.42 Å². The van der Waals surface area contributed by atoms with Crippen LogP contribution in [0.1, 0.15) is 35.7 Å². The lowest BCUT2D eigenvalue weighted by Gasteiger charge is -2.08. The molecule has 110 valence electrons. The number of carbonyl (C=O) groups excluding carboxylic acids is 1. The molecule has 0 heterocycles. The quantitative estimate of drug-likeness (QED) is 0.845. The van der Waals surface area contributed by atoms with Crippen molar-refractivity contribution in [1.82, 2.24) is 0 Å². The molecule has 0 aliphatic rings. The number of unbranched alkanes of at least 4 members (excludes halogenated alkanes) is 1. The van der Waals surface area contributed by atoms with Gasteiger partial charge < -0.3 is 10.4 Å². The molecule has 0 bridgehead atoms. The van der Waals surface area contributed by atoms with E-state index < -0.39 is 0 Å². The molecule has 0 aliphatic carbocycles. The Labute approximate surface area is 129 Å². The lowest BCUT2D eigenvalue weighted by Crippen LogP contribution is -2.12. The van der Waals surface area contributed by atoms with Gasteiger partial charge in [-0.15, -0.1) is 0 Å². The third kappa shape index (κ3) is 4.23. The first kappa shape index (κ1) is 15.4. The van der Waals surface area contributed by atoms with Gasteiger partial charge in [0.15, 0.2) is 0 Å². The van der Waals surface area contributed by atoms with Crippen molar-refractivity contribution in [2.45, 2.75) is 26.2 Å². The topological polar surface area (TPSA) is 49.3 Å². The van der Waals surface area contributed by atoms with Gasteiger partial charge in [0.1, 0.15) is 5.75 Å². The molecule has 0 fully saturated rings. The van der Waals surface area contributed by atoms with E-state index in [1.165, 1.54) is 23.8 Å². The van der Waals surface area contributed by atoms with Crippen molar-refractivity contribution >= 4 is 23.2 Å². The molecule has 3 nitrogen and oxygen atoms in total. The summed E-state index contributed by atoms with van der Waals surface area (Å²) in [6.07, 6.45) is 3.36. The van der Waals surface area contributed by atoms with Crippen LogP contribution < -0.4 is 5.32 Å². The number of nitrogens with one attached hydrogen (secondary N) is 1. The van der Waals surface area contributed by atoms with Gasteiger partial charge in [-0.1, -0.05) is 37.1 Å². The van der Waals surface area contributed by atoms with Gasteiger partial charge in [-0.2, -0.15) is 0 Å². The summed E-state index contributed by atoms with van der Waals surface area (Å²) in [6, 6.07) is 12.1. The Morgan fingerprint density at radius 1 is 1.19 bits per heavy atom. The molecule has 0 unspecified atom stereocenters. The van der Waals surface area contributed by atoms with Gasteiger partial charge in [0.05, 0.1) is 10.6 Å². The number of anilines is 1. The summed E-state index contributed by atoms with van der Waals surface area (Å²) in [4.78, 5) is 12.1. The maximum atomic E-state index is 12.1. The van der Waals surface area contributed by atoms with E-state index in [2.05, 4.69) is 12.2 Å². The van der Waals surface area contributed by atoms with Crippen molar-refractivity contribution in [3.05, 3.63) is 58.6 Å². The predicted molar refractivity (Wildman–Crippen MR) is 86.1 cm³/mol. The lowest BCUT2D eigenvalue weighted by molar-refractivity contribution is 0.102. The minimum atomic E-state index is -0.336. The van der Waals surface area contributed by atoms with Gasteiger partial charge in [0, 0.05) is 5.69 Å². The molecular formula is C17H18ClNO2. The highest BCUT2D eigenvalue weighted by atomic mass is 35.5. The Morgan fingerprint density at radius 2 is 1.90 bits per heavy atom. The Bertz CT molecular complexity index is 623. The molecule has 0 radical (unpaired) electrons. The Hall–Kier alpha value is -2.00.